The van der Waals surface area contributed by atoms with Crippen LogP contribution in [0.1, 0.15) is 5.56 Å². The van der Waals surface area contributed by atoms with Crippen molar-refractivity contribution < 1.29 is 10.2 Å². The van der Waals surface area contributed by atoms with Gasteiger partial charge < -0.3 is 10.2 Å². The molecule has 12 heavy (non-hydrogen) atoms. The highest BCUT2D eigenvalue weighted by atomic mass is 16.3. The van der Waals surface area contributed by atoms with Gasteiger partial charge in [-0.3, -0.25) is 0 Å². The van der Waals surface area contributed by atoms with Crippen LogP contribution in [0.15, 0.2) is 0 Å². The van der Waals surface area contributed by atoms with E-state index in [0.717, 1.165) is 0 Å². The molecular weight excluding hydrogens is 149 g/mol. The Morgan fingerprint density at radius 2 is 1.33 bits per heavy atom. The Morgan fingerprint density at radius 3 is 1.83 bits per heavy atom. The van der Waals surface area contributed by atoms with Crippen LogP contribution in [0, 0.1) is 6.92 Å². The van der Waals surface area contributed by atoms with Crippen molar-refractivity contribution >= 4 is 39.9 Å². The third kappa shape index (κ3) is 1.09. The number of phenols is 2. The Labute approximate surface area is 74.8 Å². The standard InChI is InChI=1S/C7H5B3O2/c1-2-3(8)4(9)7(12)5(10)6(2)11/h11-12H,1H3. The van der Waals surface area contributed by atoms with Gasteiger partial charge in [0.15, 0.2) is 0 Å². The van der Waals surface area contributed by atoms with Crippen molar-refractivity contribution in [1.29, 1.82) is 0 Å². The van der Waals surface area contributed by atoms with E-state index in [9.17, 15) is 10.2 Å². The normalized spacial score (nSPS) is 10.1. The molecule has 5 heteroatoms. The summed E-state index contributed by atoms with van der Waals surface area (Å²) in [5.41, 5.74) is 0.393. The fraction of sp³-hybridized carbons (Fsp3) is 0.143. The molecule has 0 aliphatic rings. The number of phenolic OH excluding ortho intramolecular Hbond substituents is 2. The van der Waals surface area contributed by atoms with E-state index in [1.54, 1.807) is 6.92 Å². The predicted molar refractivity (Wildman–Crippen MR) is 50.7 cm³/mol. The molecular formula is C7H5B3O2. The molecule has 6 radical (unpaired) electrons. The van der Waals surface area contributed by atoms with Crippen molar-refractivity contribution in [3.05, 3.63) is 5.56 Å². The zero-order valence-corrected chi connectivity index (χ0v) is 6.63. The summed E-state index contributed by atoms with van der Waals surface area (Å²) in [6.07, 6.45) is 0. The number of rotatable bonds is 0. The SMILES string of the molecule is [B]c1c([B])c(O)c([B])c(O)c1C. The maximum absolute atomic E-state index is 9.27. The lowest BCUT2D eigenvalue weighted by Gasteiger charge is -2.13. The molecule has 0 aromatic heterocycles. The lowest BCUT2D eigenvalue weighted by Crippen LogP contribution is -2.33. The second-order valence-corrected chi connectivity index (χ2v) is 2.56. The van der Waals surface area contributed by atoms with Crippen molar-refractivity contribution in [2.24, 2.45) is 0 Å². The van der Waals surface area contributed by atoms with E-state index < -0.39 is 0 Å². The van der Waals surface area contributed by atoms with Crippen LogP contribution in [0.2, 0.25) is 0 Å². The number of hydrogen-bond donors (Lipinski definition) is 2. The molecule has 0 unspecified atom stereocenters. The Hall–Kier alpha value is -0.985. The number of benzene rings is 1. The zero-order valence-electron chi connectivity index (χ0n) is 6.63. The van der Waals surface area contributed by atoms with Crippen molar-refractivity contribution in [1.82, 2.24) is 0 Å². The predicted octanol–water partition coefficient (Wildman–Crippen LogP) is -2.21. The second-order valence-electron chi connectivity index (χ2n) is 2.56. The molecule has 0 aliphatic heterocycles. The highest BCUT2D eigenvalue weighted by Crippen LogP contribution is 2.12. The van der Waals surface area contributed by atoms with E-state index >= 15 is 0 Å². The van der Waals surface area contributed by atoms with Crippen molar-refractivity contribution in [3.8, 4) is 11.5 Å². The quantitative estimate of drug-likeness (QED) is 0.415. The van der Waals surface area contributed by atoms with E-state index in [0.29, 0.717) is 5.56 Å². The van der Waals surface area contributed by atoms with Crippen LogP contribution < -0.4 is 16.4 Å². The largest absolute Gasteiger partial charge is 0.509 e. The van der Waals surface area contributed by atoms with Crippen LogP contribution in [0.3, 0.4) is 0 Å². The van der Waals surface area contributed by atoms with Gasteiger partial charge in [-0.25, -0.2) is 0 Å². The van der Waals surface area contributed by atoms with Gasteiger partial charge in [0.05, 0.1) is 0 Å². The van der Waals surface area contributed by atoms with E-state index in [1.165, 1.54) is 0 Å². The summed E-state index contributed by atoms with van der Waals surface area (Å²) in [4.78, 5) is 0. The fourth-order valence-electron chi connectivity index (χ4n) is 0.916. The maximum Gasteiger partial charge on any atom is 0.124 e. The van der Waals surface area contributed by atoms with Gasteiger partial charge >= 0.3 is 0 Å². The summed E-state index contributed by atoms with van der Waals surface area (Å²) < 4.78 is 0. The molecule has 0 fully saturated rings. The van der Waals surface area contributed by atoms with E-state index in [2.05, 4.69) is 0 Å². The van der Waals surface area contributed by atoms with Crippen molar-refractivity contribution in [2.45, 2.75) is 6.92 Å². The van der Waals surface area contributed by atoms with E-state index in [1.807, 2.05) is 0 Å². The minimum atomic E-state index is -0.365. The minimum absolute atomic E-state index is 0.00259. The van der Waals surface area contributed by atoms with E-state index in [-0.39, 0.29) is 27.9 Å². The third-order valence-corrected chi connectivity index (χ3v) is 1.81. The Balaban J connectivity index is 3.60. The highest BCUT2D eigenvalue weighted by Gasteiger charge is 2.10. The lowest BCUT2D eigenvalue weighted by molar-refractivity contribution is 0.459. The molecule has 0 saturated carbocycles. The first-order chi connectivity index (χ1) is 5.46. The van der Waals surface area contributed by atoms with Crippen LogP contribution in [-0.2, 0) is 0 Å². The first-order valence-electron chi connectivity index (χ1n) is 3.31. The van der Waals surface area contributed by atoms with Gasteiger partial charge in [0, 0.05) is 0 Å². The summed E-state index contributed by atoms with van der Waals surface area (Å²) in [6.45, 7) is 1.57. The summed E-state index contributed by atoms with van der Waals surface area (Å²) in [7, 11) is 16.2. The van der Waals surface area contributed by atoms with Crippen LogP contribution in [0.25, 0.3) is 0 Å². The first kappa shape index (κ1) is 9.11. The zero-order chi connectivity index (χ0) is 9.46. The number of aromatic hydroxyl groups is 2. The average Bonchev–Trinajstić information content (AvgIpc) is 2.08. The molecule has 1 rings (SSSR count). The van der Waals surface area contributed by atoms with Gasteiger partial charge in [-0.05, 0) is 17.9 Å². The molecule has 2 N–H and O–H groups in total. The average molecular weight is 154 g/mol. The lowest BCUT2D eigenvalue weighted by atomic mass is 9.73. The van der Waals surface area contributed by atoms with Crippen molar-refractivity contribution in [3.63, 3.8) is 0 Å². The molecule has 2 nitrogen and oxygen atoms in total. The van der Waals surface area contributed by atoms with Crippen LogP contribution >= 0.6 is 0 Å². The Morgan fingerprint density at radius 1 is 0.833 bits per heavy atom. The Bertz CT molecular complexity index is 231. The van der Waals surface area contributed by atoms with Crippen LogP contribution in [0.4, 0.5) is 0 Å². The smallest absolute Gasteiger partial charge is 0.124 e. The third-order valence-electron chi connectivity index (χ3n) is 1.81. The van der Waals surface area contributed by atoms with Gasteiger partial charge in [0.1, 0.15) is 35.0 Å². The topological polar surface area (TPSA) is 40.5 Å². The molecule has 54 valence electrons. The first-order valence-corrected chi connectivity index (χ1v) is 3.31. The summed E-state index contributed by atoms with van der Waals surface area (Å²) in [5, 5.41) is 18.5. The summed E-state index contributed by atoms with van der Waals surface area (Å²) >= 11 is 0. The van der Waals surface area contributed by atoms with Crippen LogP contribution in [0.5, 0.6) is 11.5 Å². The second kappa shape index (κ2) is 2.81. The van der Waals surface area contributed by atoms with E-state index in [4.69, 9.17) is 23.5 Å². The molecule has 1 aromatic carbocycles. The molecule has 0 bridgehead atoms. The minimum Gasteiger partial charge on any atom is -0.509 e. The Kier molecular flexibility index (Phi) is 2.13. The molecule has 0 saturated heterocycles. The van der Waals surface area contributed by atoms with Crippen molar-refractivity contribution in [2.75, 3.05) is 0 Å². The molecule has 0 heterocycles. The fourth-order valence-corrected chi connectivity index (χ4v) is 0.916. The summed E-state index contributed by atoms with van der Waals surface area (Å²) in [6, 6.07) is 0. The van der Waals surface area contributed by atoms with Crippen LogP contribution in [-0.4, -0.2) is 33.8 Å². The molecule has 0 atom stereocenters. The number of hydrogen-bond acceptors (Lipinski definition) is 2. The van der Waals surface area contributed by atoms with Gasteiger partial charge in [-0.1, -0.05) is 10.9 Å². The molecule has 1 aromatic rings. The van der Waals surface area contributed by atoms with Gasteiger partial charge in [-0.2, -0.15) is 0 Å². The maximum atomic E-state index is 9.27. The monoisotopic (exact) mass is 154 g/mol. The van der Waals surface area contributed by atoms with Gasteiger partial charge in [-0.15, -0.1) is 0 Å². The highest BCUT2D eigenvalue weighted by molar-refractivity contribution is 6.53. The van der Waals surface area contributed by atoms with Gasteiger partial charge in [0.25, 0.3) is 0 Å². The van der Waals surface area contributed by atoms with Gasteiger partial charge in [0.2, 0.25) is 0 Å². The molecule has 0 aliphatic carbocycles. The summed E-state index contributed by atoms with van der Waals surface area (Å²) in [5.74, 6) is -0.588. The molecule has 0 spiro atoms. The molecule has 0 amide bonds.